The summed E-state index contributed by atoms with van der Waals surface area (Å²) in [5, 5.41) is 9.15. The second kappa shape index (κ2) is 8.14. The Kier molecular flexibility index (Phi) is 5.91. The van der Waals surface area contributed by atoms with Crippen LogP contribution in [0.2, 0.25) is 0 Å². The Balaban J connectivity index is 2.46. The summed E-state index contributed by atoms with van der Waals surface area (Å²) in [7, 11) is 3.25. The highest BCUT2D eigenvalue weighted by atomic mass is 16.7. The molecule has 0 amide bonds. The van der Waals surface area contributed by atoms with Crippen molar-refractivity contribution in [2.75, 3.05) is 14.2 Å². The summed E-state index contributed by atoms with van der Waals surface area (Å²) in [5.74, 6) is 0. The van der Waals surface area contributed by atoms with Gasteiger partial charge in [0.15, 0.2) is 6.29 Å². The first-order chi connectivity index (χ1) is 10.8. The van der Waals surface area contributed by atoms with Gasteiger partial charge in [-0.05, 0) is 22.3 Å². The molecule has 2 aromatic rings. The lowest BCUT2D eigenvalue weighted by molar-refractivity contribution is -0.100. The zero-order valence-electron chi connectivity index (χ0n) is 12.8. The largest absolute Gasteiger partial charge is 0.356 e. The topological polar surface area (TPSA) is 42.2 Å². The van der Waals surface area contributed by atoms with E-state index in [-0.39, 0.29) is 6.29 Å². The van der Waals surface area contributed by atoms with Gasteiger partial charge in [-0.1, -0.05) is 54.6 Å². The van der Waals surface area contributed by atoms with E-state index < -0.39 is 0 Å². The maximum absolute atomic E-state index is 9.15. The van der Waals surface area contributed by atoms with Gasteiger partial charge < -0.3 is 9.47 Å². The first-order valence-electron chi connectivity index (χ1n) is 7.09. The highest BCUT2D eigenvalue weighted by molar-refractivity contribution is 5.82. The van der Waals surface area contributed by atoms with E-state index in [1.54, 1.807) is 20.3 Å². The lowest BCUT2D eigenvalue weighted by atomic mass is 9.92. The molecule has 0 aliphatic carbocycles. The SMILES string of the molecule is COC(Cc1ccccc1C(=CC#N)c1ccccc1)OC. The Hall–Kier alpha value is -2.41. The molecule has 0 radical (unpaired) electrons. The Morgan fingerprint density at radius 1 is 1.05 bits per heavy atom. The smallest absolute Gasteiger partial charge is 0.160 e. The normalized spacial score (nSPS) is 11.5. The van der Waals surface area contributed by atoms with Crippen molar-refractivity contribution in [2.24, 2.45) is 0 Å². The molecule has 3 heteroatoms. The van der Waals surface area contributed by atoms with E-state index in [0.717, 1.165) is 22.3 Å². The quantitative estimate of drug-likeness (QED) is 0.601. The van der Waals surface area contributed by atoms with Crippen LogP contribution in [0.3, 0.4) is 0 Å². The summed E-state index contributed by atoms with van der Waals surface area (Å²) in [6, 6.07) is 20.1. The molecular weight excluding hydrogens is 274 g/mol. The van der Waals surface area contributed by atoms with Gasteiger partial charge in [0, 0.05) is 26.7 Å². The van der Waals surface area contributed by atoms with Gasteiger partial charge in [-0.15, -0.1) is 0 Å². The van der Waals surface area contributed by atoms with Crippen LogP contribution in [0, 0.1) is 11.3 Å². The highest BCUT2D eigenvalue weighted by Gasteiger charge is 2.13. The van der Waals surface area contributed by atoms with Crippen molar-refractivity contribution in [3.8, 4) is 6.07 Å². The van der Waals surface area contributed by atoms with Gasteiger partial charge in [0.2, 0.25) is 0 Å². The molecule has 2 rings (SSSR count). The van der Waals surface area contributed by atoms with Crippen molar-refractivity contribution in [1.82, 2.24) is 0 Å². The molecule has 0 N–H and O–H groups in total. The van der Waals surface area contributed by atoms with E-state index in [1.807, 2.05) is 54.6 Å². The average Bonchev–Trinajstić information content (AvgIpc) is 2.59. The van der Waals surface area contributed by atoms with Gasteiger partial charge in [0.25, 0.3) is 0 Å². The van der Waals surface area contributed by atoms with Crippen molar-refractivity contribution in [2.45, 2.75) is 12.7 Å². The van der Waals surface area contributed by atoms with Gasteiger partial charge in [-0.3, -0.25) is 0 Å². The molecule has 0 unspecified atom stereocenters. The van der Waals surface area contributed by atoms with Crippen molar-refractivity contribution < 1.29 is 9.47 Å². The van der Waals surface area contributed by atoms with E-state index in [2.05, 4.69) is 6.07 Å². The fourth-order valence-corrected chi connectivity index (χ4v) is 2.40. The molecule has 112 valence electrons. The predicted molar refractivity (Wildman–Crippen MR) is 87.1 cm³/mol. The van der Waals surface area contributed by atoms with E-state index >= 15 is 0 Å². The fourth-order valence-electron chi connectivity index (χ4n) is 2.40. The molecule has 0 heterocycles. The van der Waals surface area contributed by atoms with Gasteiger partial charge in [0.05, 0.1) is 6.07 Å². The molecule has 0 aliphatic rings. The lowest BCUT2D eigenvalue weighted by Crippen LogP contribution is -2.17. The molecule has 0 aromatic heterocycles. The molecular formula is C19H19NO2. The number of nitrogens with zero attached hydrogens (tertiary/aromatic N) is 1. The van der Waals surface area contributed by atoms with Gasteiger partial charge >= 0.3 is 0 Å². The summed E-state index contributed by atoms with van der Waals surface area (Å²) < 4.78 is 10.6. The fraction of sp³-hybridized carbons (Fsp3) is 0.211. The first-order valence-corrected chi connectivity index (χ1v) is 7.09. The summed E-state index contributed by atoms with van der Waals surface area (Å²) in [6.45, 7) is 0. The Bertz CT molecular complexity index is 667. The summed E-state index contributed by atoms with van der Waals surface area (Å²) in [4.78, 5) is 0. The number of benzene rings is 2. The average molecular weight is 293 g/mol. The van der Waals surface area contributed by atoms with Crippen LogP contribution < -0.4 is 0 Å². The van der Waals surface area contributed by atoms with Crippen molar-refractivity contribution in [3.63, 3.8) is 0 Å². The number of hydrogen-bond acceptors (Lipinski definition) is 3. The highest BCUT2D eigenvalue weighted by Crippen LogP contribution is 2.27. The van der Waals surface area contributed by atoms with E-state index in [0.29, 0.717) is 6.42 Å². The van der Waals surface area contributed by atoms with Gasteiger partial charge in [0.1, 0.15) is 0 Å². The number of methoxy groups -OCH3 is 2. The molecule has 0 bridgehead atoms. The predicted octanol–water partition coefficient (Wildman–Crippen LogP) is 3.80. The zero-order valence-corrected chi connectivity index (χ0v) is 12.8. The molecule has 0 saturated heterocycles. The Morgan fingerprint density at radius 3 is 2.32 bits per heavy atom. The van der Waals surface area contributed by atoms with Crippen LogP contribution in [0.5, 0.6) is 0 Å². The minimum atomic E-state index is -0.305. The molecule has 0 atom stereocenters. The monoisotopic (exact) mass is 293 g/mol. The second-order valence-electron chi connectivity index (χ2n) is 4.82. The maximum Gasteiger partial charge on any atom is 0.160 e. The summed E-state index contributed by atoms with van der Waals surface area (Å²) in [5.41, 5.74) is 4.03. The third kappa shape index (κ3) is 3.82. The van der Waals surface area contributed by atoms with Crippen LogP contribution in [-0.4, -0.2) is 20.5 Å². The molecule has 0 spiro atoms. The van der Waals surface area contributed by atoms with Gasteiger partial charge in [-0.25, -0.2) is 0 Å². The van der Waals surface area contributed by atoms with E-state index in [4.69, 9.17) is 14.7 Å². The van der Waals surface area contributed by atoms with Crippen LogP contribution in [0.25, 0.3) is 5.57 Å². The number of allylic oxidation sites excluding steroid dienone is 1. The van der Waals surface area contributed by atoms with Crippen LogP contribution in [-0.2, 0) is 15.9 Å². The minimum absolute atomic E-state index is 0.305. The van der Waals surface area contributed by atoms with Crippen LogP contribution >= 0.6 is 0 Å². The zero-order chi connectivity index (χ0) is 15.8. The molecule has 0 saturated carbocycles. The third-order valence-electron chi connectivity index (χ3n) is 3.51. The molecule has 2 aromatic carbocycles. The number of ether oxygens (including phenoxy) is 2. The van der Waals surface area contributed by atoms with Crippen molar-refractivity contribution in [1.29, 1.82) is 5.26 Å². The summed E-state index contributed by atoms with van der Waals surface area (Å²) in [6.07, 6.45) is 1.90. The van der Waals surface area contributed by atoms with Crippen molar-refractivity contribution >= 4 is 5.57 Å². The Morgan fingerprint density at radius 2 is 1.68 bits per heavy atom. The van der Waals surface area contributed by atoms with Crippen molar-refractivity contribution in [3.05, 3.63) is 77.4 Å². The standard InChI is InChI=1S/C19H19NO2/c1-21-19(22-2)14-16-10-6-7-11-17(16)18(12-13-20)15-8-4-3-5-9-15/h3-12,19H,14H2,1-2H3. The second-order valence-corrected chi connectivity index (χ2v) is 4.82. The maximum atomic E-state index is 9.15. The number of hydrogen-bond donors (Lipinski definition) is 0. The first kappa shape index (κ1) is 16.0. The molecule has 3 nitrogen and oxygen atoms in total. The molecule has 22 heavy (non-hydrogen) atoms. The number of rotatable bonds is 6. The van der Waals surface area contributed by atoms with E-state index in [9.17, 15) is 0 Å². The lowest BCUT2D eigenvalue weighted by Gasteiger charge is -2.17. The van der Waals surface area contributed by atoms with Crippen LogP contribution in [0.4, 0.5) is 0 Å². The molecule has 0 aliphatic heterocycles. The molecule has 0 fully saturated rings. The van der Waals surface area contributed by atoms with Crippen LogP contribution in [0.15, 0.2) is 60.7 Å². The third-order valence-corrected chi connectivity index (χ3v) is 3.51. The van der Waals surface area contributed by atoms with E-state index in [1.165, 1.54) is 0 Å². The number of nitriles is 1. The minimum Gasteiger partial charge on any atom is -0.356 e. The van der Waals surface area contributed by atoms with Gasteiger partial charge in [-0.2, -0.15) is 5.26 Å². The van der Waals surface area contributed by atoms with Crippen LogP contribution in [0.1, 0.15) is 16.7 Å². The Labute approximate surface area is 131 Å². The summed E-state index contributed by atoms with van der Waals surface area (Å²) >= 11 is 0.